The van der Waals surface area contributed by atoms with Gasteiger partial charge in [0.25, 0.3) is 5.91 Å². The molecule has 18 heavy (non-hydrogen) atoms. The number of phenolic OH excluding ortho intramolecular Hbond substituents is 1. The van der Waals surface area contributed by atoms with Crippen molar-refractivity contribution in [2.75, 3.05) is 26.7 Å². The van der Waals surface area contributed by atoms with E-state index in [1.54, 1.807) is 11.0 Å². The van der Waals surface area contributed by atoms with Gasteiger partial charge in [0.15, 0.2) is 0 Å². The van der Waals surface area contributed by atoms with Crippen LogP contribution in [-0.2, 0) is 0 Å². The minimum absolute atomic E-state index is 0.0601. The Bertz CT molecular complexity index is 464. The van der Waals surface area contributed by atoms with Crippen molar-refractivity contribution in [2.45, 2.75) is 13.0 Å². The van der Waals surface area contributed by atoms with E-state index in [1.807, 2.05) is 7.05 Å². The highest BCUT2D eigenvalue weighted by molar-refractivity contribution is 6.33. The molecule has 0 bridgehead atoms. The van der Waals surface area contributed by atoms with E-state index in [2.05, 4.69) is 11.8 Å². The molecule has 0 aromatic heterocycles. The van der Waals surface area contributed by atoms with Crippen molar-refractivity contribution in [3.63, 3.8) is 0 Å². The maximum absolute atomic E-state index is 12.3. The van der Waals surface area contributed by atoms with Gasteiger partial charge in [-0.3, -0.25) is 4.79 Å². The van der Waals surface area contributed by atoms with Gasteiger partial charge < -0.3 is 14.9 Å². The third-order valence-corrected chi connectivity index (χ3v) is 3.76. The van der Waals surface area contributed by atoms with E-state index >= 15 is 0 Å². The smallest absolute Gasteiger partial charge is 0.255 e. The average Bonchev–Trinajstić information content (AvgIpc) is 2.35. The number of carbonyl (C=O) groups is 1. The molecule has 5 heteroatoms. The number of rotatable bonds is 1. The second kappa shape index (κ2) is 5.16. The van der Waals surface area contributed by atoms with Crippen molar-refractivity contribution in [1.82, 2.24) is 9.80 Å². The van der Waals surface area contributed by atoms with Crippen molar-refractivity contribution in [3.8, 4) is 5.75 Å². The fourth-order valence-corrected chi connectivity index (χ4v) is 2.28. The molecule has 1 heterocycles. The predicted octanol–water partition coefficient (Wildman–Crippen LogP) is 1.82. The van der Waals surface area contributed by atoms with Crippen LogP contribution in [-0.4, -0.2) is 53.5 Å². The number of hydrogen-bond donors (Lipinski definition) is 1. The van der Waals surface area contributed by atoms with Gasteiger partial charge in [-0.15, -0.1) is 0 Å². The third kappa shape index (κ3) is 2.60. The van der Waals surface area contributed by atoms with Gasteiger partial charge in [-0.1, -0.05) is 11.6 Å². The number of carbonyl (C=O) groups excluding carboxylic acids is 1. The summed E-state index contributed by atoms with van der Waals surface area (Å²) in [7, 11) is 2.05. The summed E-state index contributed by atoms with van der Waals surface area (Å²) in [6, 6.07) is 4.78. The number of phenols is 1. The maximum Gasteiger partial charge on any atom is 0.255 e. The lowest BCUT2D eigenvalue weighted by Gasteiger charge is -2.37. The normalized spacial score (nSPS) is 21.1. The Morgan fingerprint density at radius 1 is 1.44 bits per heavy atom. The van der Waals surface area contributed by atoms with E-state index in [-0.39, 0.29) is 11.7 Å². The number of benzene rings is 1. The van der Waals surface area contributed by atoms with Gasteiger partial charge >= 0.3 is 0 Å². The van der Waals surface area contributed by atoms with Crippen molar-refractivity contribution >= 4 is 17.5 Å². The number of piperazine rings is 1. The minimum Gasteiger partial charge on any atom is -0.508 e. The summed E-state index contributed by atoms with van der Waals surface area (Å²) in [5, 5.41) is 9.82. The summed E-state index contributed by atoms with van der Waals surface area (Å²) in [5.41, 5.74) is 0.369. The van der Waals surface area contributed by atoms with Crippen LogP contribution in [0.5, 0.6) is 5.75 Å². The van der Waals surface area contributed by atoms with E-state index in [9.17, 15) is 9.90 Å². The fourth-order valence-electron chi connectivity index (χ4n) is 2.08. The lowest BCUT2D eigenvalue weighted by molar-refractivity contribution is 0.0572. The van der Waals surface area contributed by atoms with Crippen LogP contribution in [0.15, 0.2) is 18.2 Å². The van der Waals surface area contributed by atoms with Gasteiger partial charge in [-0.25, -0.2) is 0 Å². The first-order valence-electron chi connectivity index (χ1n) is 5.97. The molecule has 0 spiro atoms. The molecule has 0 aliphatic carbocycles. The summed E-state index contributed by atoms with van der Waals surface area (Å²) in [4.78, 5) is 16.3. The molecule has 0 saturated carbocycles. The number of halogens is 1. The van der Waals surface area contributed by atoms with E-state index in [0.29, 0.717) is 29.7 Å². The van der Waals surface area contributed by atoms with Crippen LogP contribution in [0.25, 0.3) is 0 Å². The molecular weight excluding hydrogens is 252 g/mol. The molecule has 1 aliphatic heterocycles. The quantitative estimate of drug-likeness (QED) is 0.845. The number of likely N-dealkylation sites (N-methyl/N-ethyl adjacent to an activating group) is 1. The SMILES string of the molecule is CC1CN(C(=O)c2cc(O)ccc2Cl)CCN1C. The molecule has 2 rings (SSSR count). The Morgan fingerprint density at radius 2 is 2.17 bits per heavy atom. The van der Waals surface area contributed by atoms with Crippen LogP contribution in [0.4, 0.5) is 0 Å². The first-order chi connectivity index (χ1) is 8.49. The van der Waals surface area contributed by atoms with Crippen molar-refractivity contribution in [3.05, 3.63) is 28.8 Å². The zero-order valence-corrected chi connectivity index (χ0v) is 11.3. The Hall–Kier alpha value is -1.26. The summed E-state index contributed by atoms with van der Waals surface area (Å²) < 4.78 is 0. The van der Waals surface area contributed by atoms with E-state index in [0.717, 1.165) is 6.54 Å². The molecule has 1 amide bonds. The van der Waals surface area contributed by atoms with Crippen LogP contribution < -0.4 is 0 Å². The molecule has 0 radical (unpaired) electrons. The van der Waals surface area contributed by atoms with Crippen LogP contribution >= 0.6 is 11.6 Å². The molecule has 1 fully saturated rings. The molecular formula is C13H17ClN2O2. The van der Waals surface area contributed by atoms with Gasteiger partial charge in [0, 0.05) is 25.7 Å². The molecule has 4 nitrogen and oxygen atoms in total. The summed E-state index contributed by atoms with van der Waals surface area (Å²) in [6.45, 7) is 4.31. The summed E-state index contributed by atoms with van der Waals surface area (Å²) in [5.74, 6) is -0.0548. The molecule has 1 aromatic rings. The van der Waals surface area contributed by atoms with Crippen molar-refractivity contribution in [1.29, 1.82) is 0 Å². The lowest BCUT2D eigenvalue weighted by atomic mass is 10.1. The number of hydrogen-bond acceptors (Lipinski definition) is 3. The largest absolute Gasteiger partial charge is 0.508 e. The van der Waals surface area contributed by atoms with E-state index in [1.165, 1.54) is 12.1 Å². The van der Waals surface area contributed by atoms with Gasteiger partial charge in [-0.05, 0) is 32.2 Å². The van der Waals surface area contributed by atoms with Crippen molar-refractivity contribution < 1.29 is 9.90 Å². The highest BCUT2D eigenvalue weighted by atomic mass is 35.5. The Kier molecular flexibility index (Phi) is 3.78. The second-order valence-corrected chi connectivity index (χ2v) is 5.15. The first-order valence-corrected chi connectivity index (χ1v) is 6.35. The Morgan fingerprint density at radius 3 is 2.83 bits per heavy atom. The van der Waals surface area contributed by atoms with Gasteiger partial charge in [-0.2, -0.15) is 0 Å². The molecule has 1 unspecified atom stereocenters. The lowest BCUT2D eigenvalue weighted by Crippen LogP contribution is -2.52. The average molecular weight is 269 g/mol. The Balaban J connectivity index is 2.19. The first kappa shape index (κ1) is 13.2. The predicted molar refractivity (Wildman–Crippen MR) is 71.1 cm³/mol. The van der Waals surface area contributed by atoms with Crippen LogP contribution in [0, 0.1) is 0 Å². The van der Waals surface area contributed by atoms with Gasteiger partial charge in [0.05, 0.1) is 10.6 Å². The fraction of sp³-hybridized carbons (Fsp3) is 0.462. The molecule has 98 valence electrons. The summed E-state index contributed by atoms with van der Waals surface area (Å²) in [6.07, 6.45) is 0. The van der Waals surface area contributed by atoms with E-state index < -0.39 is 0 Å². The zero-order valence-electron chi connectivity index (χ0n) is 10.6. The highest BCUT2D eigenvalue weighted by Gasteiger charge is 2.26. The molecule has 1 saturated heterocycles. The van der Waals surface area contributed by atoms with E-state index in [4.69, 9.17) is 11.6 Å². The third-order valence-electron chi connectivity index (χ3n) is 3.43. The molecule has 1 aliphatic rings. The Labute approximate surface area is 112 Å². The van der Waals surface area contributed by atoms with Crippen LogP contribution in [0.1, 0.15) is 17.3 Å². The standard InChI is InChI=1S/C13H17ClN2O2/c1-9-8-16(6-5-15(9)2)13(18)11-7-10(17)3-4-12(11)14/h3-4,7,9,17H,5-6,8H2,1-2H3. The van der Waals surface area contributed by atoms with Gasteiger partial charge in [0.1, 0.15) is 5.75 Å². The topological polar surface area (TPSA) is 43.8 Å². The number of nitrogens with zero attached hydrogens (tertiary/aromatic N) is 2. The minimum atomic E-state index is -0.115. The van der Waals surface area contributed by atoms with Crippen LogP contribution in [0.2, 0.25) is 5.02 Å². The zero-order chi connectivity index (χ0) is 13.3. The van der Waals surface area contributed by atoms with Crippen LogP contribution in [0.3, 0.4) is 0 Å². The molecule has 1 aromatic carbocycles. The number of amides is 1. The highest BCUT2D eigenvalue weighted by Crippen LogP contribution is 2.23. The monoisotopic (exact) mass is 268 g/mol. The molecule has 1 N–H and O–H groups in total. The van der Waals surface area contributed by atoms with Crippen molar-refractivity contribution in [2.24, 2.45) is 0 Å². The molecule has 1 atom stereocenters. The van der Waals surface area contributed by atoms with Gasteiger partial charge in [0.2, 0.25) is 0 Å². The number of aromatic hydroxyl groups is 1. The second-order valence-electron chi connectivity index (χ2n) is 4.74. The maximum atomic E-state index is 12.3. The summed E-state index contributed by atoms with van der Waals surface area (Å²) >= 11 is 6.01.